The van der Waals surface area contributed by atoms with Crippen molar-refractivity contribution in [1.82, 2.24) is 14.3 Å². The van der Waals surface area contributed by atoms with Gasteiger partial charge in [0.1, 0.15) is 29.1 Å². The van der Waals surface area contributed by atoms with Crippen molar-refractivity contribution in [1.29, 1.82) is 0 Å². The number of alkyl halides is 5. The van der Waals surface area contributed by atoms with Gasteiger partial charge in [-0.15, -0.1) is 4.65 Å². The zero-order valence-corrected chi connectivity index (χ0v) is 23.1. The zero-order chi connectivity index (χ0) is 30.6. The maximum atomic E-state index is 14.8. The van der Waals surface area contributed by atoms with E-state index in [1.165, 1.54) is 33.7 Å². The molecule has 0 radical (unpaired) electrons. The van der Waals surface area contributed by atoms with Crippen LogP contribution < -0.4 is 5.56 Å². The second-order valence-corrected chi connectivity index (χ2v) is 11.2. The first-order valence-corrected chi connectivity index (χ1v) is 13.6. The Balaban J connectivity index is 1.33. The molecule has 3 aromatic rings. The molecule has 0 bridgehead atoms. The Morgan fingerprint density at radius 1 is 1.14 bits per heavy atom. The number of rotatable bonds is 5. The predicted molar refractivity (Wildman–Crippen MR) is 138 cm³/mol. The van der Waals surface area contributed by atoms with E-state index in [9.17, 15) is 40.7 Å². The number of fused-ring (bicyclic) bond motifs is 1. The number of nitrogens with one attached hydrogen (secondary N) is 1. The lowest BCUT2D eigenvalue weighted by Crippen LogP contribution is -2.60. The smallest absolute Gasteiger partial charge is 0.338 e. The lowest BCUT2D eigenvalue weighted by atomic mass is 10.0. The van der Waals surface area contributed by atoms with Crippen molar-refractivity contribution in [3.63, 3.8) is 0 Å². The Labute approximate surface area is 243 Å². The molecule has 0 aliphatic carbocycles. The van der Waals surface area contributed by atoms with Gasteiger partial charge in [0.05, 0.1) is 17.0 Å². The van der Waals surface area contributed by atoms with Gasteiger partial charge in [0.25, 0.3) is 11.5 Å². The number of nitrogens with zero attached hydrogens (tertiary/aromatic N) is 3. The van der Waals surface area contributed by atoms with Crippen molar-refractivity contribution in [2.45, 2.75) is 43.8 Å². The third-order valence-corrected chi connectivity index (χ3v) is 8.46. The fourth-order valence-corrected chi connectivity index (χ4v) is 6.11. The van der Waals surface area contributed by atoms with Crippen LogP contribution in [0.5, 0.6) is 0 Å². The molecule has 2 aromatic heterocycles. The average Bonchev–Trinajstić information content (AvgIpc) is 3.41. The third kappa shape index (κ3) is 5.71. The molecule has 16 heteroatoms. The van der Waals surface area contributed by atoms with Crippen LogP contribution in [0.2, 0.25) is 10.2 Å². The molecular formula is C26H23Cl2F6N4O4+. The normalized spacial score (nSPS) is 21.2. The number of likely N-dealkylation sites (tertiary alicyclic amines) is 2. The minimum absolute atomic E-state index is 0.0451. The number of hydrogen-bond acceptors (Lipinski definition) is 4. The van der Waals surface area contributed by atoms with Gasteiger partial charge >= 0.3 is 18.1 Å². The van der Waals surface area contributed by atoms with Gasteiger partial charge in [0.2, 0.25) is 0 Å². The van der Waals surface area contributed by atoms with E-state index in [1.807, 2.05) is 0 Å². The van der Waals surface area contributed by atoms with Crippen molar-refractivity contribution < 1.29 is 45.4 Å². The van der Waals surface area contributed by atoms with Gasteiger partial charge in [-0.25, -0.2) is 9.18 Å². The van der Waals surface area contributed by atoms with E-state index in [0.717, 1.165) is 6.07 Å². The summed E-state index contributed by atoms with van der Waals surface area (Å²) in [6, 6.07) is 4.37. The van der Waals surface area contributed by atoms with Gasteiger partial charge in [0, 0.05) is 44.2 Å². The maximum absolute atomic E-state index is 14.8. The number of hydroxylamine groups is 3. The number of carbonyl (C=O) groups is 2. The van der Waals surface area contributed by atoms with Crippen LogP contribution in [0.4, 0.5) is 26.3 Å². The van der Waals surface area contributed by atoms with E-state index in [0.29, 0.717) is 11.3 Å². The molecule has 8 nitrogen and oxygen atoms in total. The fourth-order valence-electron chi connectivity index (χ4n) is 5.67. The first-order valence-electron chi connectivity index (χ1n) is 12.8. The first kappa shape index (κ1) is 30.2. The highest BCUT2D eigenvalue weighted by molar-refractivity contribution is 6.42. The van der Waals surface area contributed by atoms with E-state index in [2.05, 4.69) is 9.82 Å². The van der Waals surface area contributed by atoms with Gasteiger partial charge in [-0.3, -0.25) is 18.8 Å². The standard InChI is InChI=1S/C26H22Cl2F6N4O4/c27-18-11-20-22(39)35-12-15(37(20)21(18)28)9-14-1-2-19(29)17(10-14)23(40)36-6-3-16(4-7-36)38(8-5-25(30,31)13-38)42-24(41)26(32,33)34/h1-2,10-12,16H,3-9,13H2/p+1. The molecule has 1 amide bonds. The summed E-state index contributed by atoms with van der Waals surface area (Å²) in [5, 5.41) is 0.258. The van der Waals surface area contributed by atoms with Crippen LogP contribution >= 0.6 is 23.2 Å². The van der Waals surface area contributed by atoms with Crippen LogP contribution in [0, 0.1) is 5.82 Å². The van der Waals surface area contributed by atoms with Crippen molar-refractivity contribution in [3.8, 4) is 0 Å². The molecule has 1 aromatic carbocycles. The molecule has 226 valence electrons. The monoisotopic (exact) mass is 639 g/mol. The van der Waals surface area contributed by atoms with Gasteiger partial charge in [0.15, 0.2) is 6.54 Å². The van der Waals surface area contributed by atoms with Crippen LogP contribution in [-0.4, -0.2) is 75.1 Å². The lowest BCUT2D eigenvalue weighted by Gasteiger charge is -2.41. The molecule has 2 aliphatic heterocycles. The molecule has 4 heterocycles. The number of halogens is 8. The average molecular weight is 640 g/mol. The molecule has 1 atom stereocenters. The molecule has 2 saturated heterocycles. The molecule has 1 unspecified atom stereocenters. The Bertz CT molecular complexity index is 1620. The zero-order valence-electron chi connectivity index (χ0n) is 21.6. The summed E-state index contributed by atoms with van der Waals surface area (Å²) in [5.41, 5.74) is 0.481. The van der Waals surface area contributed by atoms with Crippen LogP contribution in [0.25, 0.3) is 5.52 Å². The van der Waals surface area contributed by atoms with Gasteiger partial charge in [-0.2, -0.15) is 22.0 Å². The summed E-state index contributed by atoms with van der Waals surface area (Å²) in [5.74, 6) is -7.40. The Morgan fingerprint density at radius 3 is 2.45 bits per heavy atom. The van der Waals surface area contributed by atoms with Crippen LogP contribution in [-0.2, 0) is 16.1 Å². The maximum Gasteiger partial charge on any atom is 0.497 e. The number of piperidine rings is 1. The molecule has 0 saturated carbocycles. The topological polar surface area (TPSA) is 83.9 Å². The van der Waals surface area contributed by atoms with E-state index in [4.69, 9.17) is 23.2 Å². The molecule has 5 rings (SSSR count). The Morgan fingerprint density at radius 2 is 1.83 bits per heavy atom. The molecule has 2 fully saturated rings. The van der Waals surface area contributed by atoms with Crippen LogP contribution in [0.15, 0.2) is 35.3 Å². The number of H-pyrrole nitrogens is 1. The van der Waals surface area contributed by atoms with Crippen LogP contribution in [0.1, 0.15) is 40.9 Å². The van der Waals surface area contributed by atoms with Crippen molar-refractivity contribution >= 4 is 40.6 Å². The molecular weight excluding hydrogens is 617 g/mol. The number of aromatic amines is 1. The van der Waals surface area contributed by atoms with Crippen molar-refractivity contribution in [3.05, 3.63) is 73.6 Å². The molecule has 42 heavy (non-hydrogen) atoms. The molecule has 0 spiro atoms. The van der Waals surface area contributed by atoms with E-state index in [1.54, 1.807) is 0 Å². The van der Waals surface area contributed by atoms with E-state index in [-0.39, 0.29) is 53.6 Å². The number of quaternary nitrogens is 1. The summed E-state index contributed by atoms with van der Waals surface area (Å²) in [7, 11) is 0. The summed E-state index contributed by atoms with van der Waals surface area (Å²) in [6.07, 6.45) is -4.66. The minimum atomic E-state index is -5.36. The minimum Gasteiger partial charge on any atom is -0.338 e. The highest BCUT2D eigenvalue weighted by Crippen LogP contribution is 2.40. The largest absolute Gasteiger partial charge is 0.497 e. The summed E-state index contributed by atoms with van der Waals surface area (Å²) in [4.78, 5) is 45.6. The first-order chi connectivity index (χ1) is 19.6. The number of aromatic nitrogens is 2. The SMILES string of the molecule is O=C(c1cc(Cc2c[nH]c(=O)c3cc(Cl)c(Cl)n23)ccc1F)N1CCC([N+]2(OC(=O)C(F)(F)F)CCC(F)(F)C2)CC1. The van der Waals surface area contributed by atoms with Crippen molar-refractivity contribution in [2.75, 3.05) is 26.2 Å². The number of amides is 1. The number of benzene rings is 1. The van der Waals surface area contributed by atoms with Gasteiger partial charge in [-0.1, -0.05) is 29.3 Å². The van der Waals surface area contributed by atoms with Gasteiger partial charge < -0.3 is 9.88 Å². The third-order valence-electron chi connectivity index (χ3n) is 7.70. The van der Waals surface area contributed by atoms with Gasteiger partial charge in [-0.05, 0) is 23.8 Å². The summed E-state index contributed by atoms with van der Waals surface area (Å²) in [6.45, 7) is -1.77. The van der Waals surface area contributed by atoms with Crippen molar-refractivity contribution in [2.24, 2.45) is 0 Å². The highest BCUT2D eigenvalue weighted by atomic mass is 35.5. The second kappa shape index (κ2) is 10.8. The van der Waals surface area contributed by atoms with E-state index >= 15 is 0 Å². The highest BCUT2D eigenvalue weighted by Gasteiger charge is 2.60. The predicted octanol–water partition coefficient (Wildman–Crippen LogP) is 5.15. The van der Waals surface area contributed by atoms with Crippen LogP contribution in [0.3, 0.4) is 0 Å². The lowest BCUT2D eigenvalue weighted by molar-refractivity contribution is -1.10. The quantitative estimate of drug-likeness (QED) is 0.309. The summed E-state index contributed by atoms with van der Waals surface area (Å²) < 4.78 is 82.1. The fraction of sp³-hybridized carbons (Fsp3) is 0.423. The number of hydrogen-bond donors (Lipinski definition) is 1. The second-order valence-electron chi connectivity index (χ2n) is 10.4. The molecule has 1 N–H and O–H groups in total. The van der Waals surface area contributed by atoms with E-state index < -0.39 is 65.6 Å². The summed E-state index contributed by atoms with van der Waals surface area (Å²) >= 11 is 12.3. The molecule has 2 aliphatic rings. The Kier molecular flexibility index (Phi) is 7.77. The Hall–Kier alpha value is -3.23. The number of carbonyl (C=O) groups excluding carboxylic acids is 2.